The summed E-state index contributed by atoms with van der Waals surface area (Å²) in [5.74, 6) is -2.70. The van der Waals surface area contributed by atoms with Crippen LogP contribution in [0.25, 0.3) is 0 Å². The van der Waals surface area contributed by atoms with E-state index in [0.717, 1.165) is 0 Å². The second-order valence-electron chi connectivity index (χ2n) is 12.8. The van der Waals surface area contributed by atoms with Crippen molar-refractivity contribution < 1.29 is 59.9 Å². The molecule has 0 radical (unpaired) electrons. The van der Waals surface area contributed by atoms with Crippen LogP contribution in [0.2, 0.25) is 0 Å². The number of hydrogen-bond donors (Lipinski definition) is 8. The number of ketones is 1. The topological polar surface area (TPSA) is 214 Å². The standard InChI is InChI=1S/C26H40O12/c1-22(21(34)38-19-18(32)17(31)16(30)13(10-27)37-19)5-3-6-23(2)14(22)4-7-24-9-12(8-15(29)26(23,24)36)25(35,11-28)20(24)33/h12-19,27-32,35-36H,3-11H2,1-2H3/t12-,13+,14+,15-,16+,17-,18+,19-,22+,23+,24-,25+,26+/m0/s1. The molecule has 2 bridgehead atoms. The summed E-state index contributed by atoms with van der Waals surface area (Å²) in [6.45, 7) is 1.94. The van der Waals surface area contributed by atoms with Crippen molar-refractivity contribution in [2.45, 2.75) is 107 Å². The third kappa shape index (κ3) is 3.23. The molecule has 12 heteroatoms. The highest BCUT2D eigenvalue weighted by Gasteiger charge is 2.81. The molecule has 216 valence electrons. The van der Waals surface area contributed by atoms with Gasteiger partial charge in [-0.25, -0.2) is 0 Å². The Morgan fingerprint density at radius 2 is 1.71 bits per heavy atom. The predicted molar refractivity (Wildman–Crippen MR) is 126 cm³/mol. The number of aliphatic hydroxyl groups is 8. The van der Waals surface area contributed by atoms with E-state index in [1.54, 1.807) is 13.8 Å². The van der Waals surface area contributed by atoms with E-state index in [1.807, 2.05) is 0 Å². The van der Waals surface area contributed by atoms with Gasteiger partial charge in [-0.05, 0) is 51.4 Å². The van der Waals surface area contributed by atoms with E-state index < -0.39 is 101 Å². The van der Waals surface area contributed by atoms with Crippen molar-refractivity contribution in [3.8, 4) is 0 Å². The Bertz CT molecular complexity index is 989. The fraction of sp³-hybridized carbons (Fsp3) is 0.923. The molecule has 5 fully saturated rings. The largest absolute Gasteiger partial charge is 0.432 e. The minimum absolute atomic E-state index is 0.0740. The number of hydrogen-bond acceptors (Lipinski definition) is 12. The zero-order valence-corrected chi connectivity index (χ0v) is 21.7. The molecular formula is C26H40O12. The van der Waals surface area contributed by atoms with Crippen molar-refractivity contribution in [2.75, 3.05) is 13.2 Å². The van der Waals surface area contributed by atoms with Crippen molar-refractivity contribution in [1.29, 1.82) is 0 Å². The maximum atomic E-state index is 13.7. The van der Waals surface area contributed by atoms with Crippen molar-refractivity contribution in [1.82, 2.24) is 0 Å². The molecule has 38 heavy (non-hydrogen) atoms. The van der Waals surface area contributed by atoms with Crippen LogP contribution in [0.15, 0.2) is 0 Å². The molecule has 1 heterocycles. The van der Waals surface area contributed by atoms with E-state index in [1.165, 1.54) is 0 Å². The fourth-order valence-corrected chi connectivity index (χ4v) is 9.19. The monoisotopic (exact) mass is 544 g/mol. The number of esters is 1. The molecule has 1 aliphatic heterocycles. The maximum absolute atomic E-state index is 13.7. The second kappa shape index (κ2) is 8.89. The Morgan fingerprint density at radius 3 is 2.34 bits per heavy atom. The van der Waals surface area contributed by atoms with Crippen LogP contribution in [-0.2, 0) is 19.1 Å². The average molecular weight is 545 g/mol. The van der Waals surface area contributed by atoms with Gasteiger partial charge in [-0.3, -0.25) is 9.59 Å². The van der Waals surface area contributed by atoms with Gasteiger partial charge in [-0.1, -0.05) is 13.3 Å². The van der Waals surface area contributed by atoms with E-state index in [2.05, 4.69) is 0 Å². The molecule has 4 saturated carbocycles. The summed E-state index contributed by atoms with van der Waals surface area (Å²) in [7, 11) is 0. The van der Waals surface area contributed by atoms with Gasteiger partial charge in [0.05, 0.1) is 30.1 Å². The smallest absolute Gasteiger partial charge is 0.314 e. The lowest BCUT2D eigenvalue weighted by atomic mass is 9.38. The molecule has 5 aliphatic rings. The van der Waals surface area contributed by atoms with E-state index in [0.29, 0.717) is 25.7 Å². The Kier molecular flexibility index (Phi) is 6.62. The summed E-state index contributed by atoms with van der Waals surface area (Å²) in [4.78, 5) is 27.4. The van der Waals surface area contributed by atoms with Crippen LogP contribution in [-0.4, -0.2) is 114 Å². The average Bonchev–Trinajstić information content (AvgIpc) is 3.07. The zero-order chi connectivity index (χ0) is 28.1. The van der Waals surface area contributed by atoms with Crippen LogP contribution >= 0.6 is 0 Å². The van der Waals surface area contributed by atoms with Crippen LogP contribution in [0.1, 0.15) is 58.8 Å². The molecule has 0 aromatic heterocycles. The molecule has 5 rings (SSSR count). The lowest BCUT2D eigenvalue weighted by molar-refractivity contribution is -0.307. The van der Waals surface area contributed by atoms with Crippen LogP contribution in [0, 0.1) is 28.1 Å². The number of Topliss-reactive ketones (excluding diaryl/α,β-unsaturated/α-hetero) is 1. The molecule has 12 nitrogen and oxygen atoms in total. The normalized spacial score (nSPS) is 56.2. The highest BCUT2D eigenvalue weighted by molar-refractivity contribution is 5.97. The summed E-state index contributed by atoms with van der Waals surface area (Å²) < 4.78 is 10.9. The SMILES string of the molecule is C[C@@]1(C(=O)O[C@@H]2O[C@H](CO)[C@@H](O)[C@H](O)[C@H]2O)CCC[C@]2(C)[C@@H]1CC[C@@]13C[C@H](C[C@H](O)[C@]12O)[C@](O)(CO)C3=O. The quantitative estimate of drug-likeness (QED) is 0.176. The number of aliphatic hydroxyl groups excluding tert-OH is 6. The third-order valence-electron chi connectivity index (χ3n) is 11.3. The number of fused-ring (bicyclic) bond motifs is 3. The van der Waals surface area contributed by atoms with Crippen LogP contribution in [0.5, 0.6) is 0 Å². The van der Waals surface area contributed by atoms with Crippen LogP contribution in [0.4, 0.5) is 0 Å². The molecule has 0 unspecified atom stereocenters. The third-order valence-corrected chi connectivity index (χ3v) is 11.3. The number of ether oxygens (including phenoxy) is 2. The van der Waals surface area contributed by atoms with Gasteiger partial charge in [0.15, 0.2) is 5.78 Å². The first-order valence-electron chi connectivity index (χ1n) is 13.5. The summed E-state index contributed by atoms with van der Waals surface area (Å²) in [6, 6.07) is 0. The lowest BCUT2D eigenvalue weighted by Crippen LogP contribution is -2.75. The first kappa shape index (κ1) is 28.3. The summed E-state index contributed by atoms with van der Waals surface area (Å²) in [6.07, 6.45) is -7.74. The van der Waals surface area contributed by atoms with Crippen molar-refractivity contribution >= 4 is 11.8 Å². The molecule has 13 atom stereocenters. The fourth-order valence-electron chi connectivity index (χ4n) is 9.19. The van der Waals surface area contributed by atoms with Crippen molar-refractivity contribution in [2.24, 2.45) is 28.1 Å². The first-order valence-corrected chi connectivity index (χ1v) is 13.5. The van der Waals surface area contributed by atoms with Gasteiger partial charge < -0.3 is 50.3 Å². The molecule has 1 spiro atoms. The van der Waals surface area contributed by atoms with Crippen molar-refractivity contribution in [3.63, 3.8) is 0 Å². The molecule has 0 amide bonds. The second-order valence-corrected chi connectivity index (χ2v) is 12.8. The minimum Gasteiger partial charge on any atom is -0.432 e. The Labute approximate surface area is 220 Å². The Hall–Kier alpha value is -1.22. The highest BCUT2D eigenvalue weighted by Crippen LogP contribution is 2.73. The number of carbonyl (C=O) groups excluding carboxylic acids is 2. The maximum Gasteiger partial charge on any atom is 0.314 e. The molecular weight excluding hydrogens is 504 g/mol. The van der Waals surface area contributed by atoms with Crippen LogP contribution in [0.3, 0.4) is 0 Å². The Morgan fingerprint density at radius 1 is 1.03 bits per heavy atom. The van der Waals surface area contributed by atoms with E-state index in [-0.39, 0.29) is 19.3 Å². The van der Waals surface area contributed by atoms with E-state index in [9.17, 15) is 50.4 Å². The molecule has 4 aliphatic carbocycles. The summed E-state index contributed by atoms with van der Waals surface area (Å²) >= 11 is 0. The van der Waals surface area contributed by atoms with E-state index in [4.69, 9.17) is 9.47 Å². The van der Waals surface area contributed by atoms with Gasteiger partial charge in [0.25, 0.3) is 0 Å². The van der Waals surface area contributed by atoms with Crippen molar-refractivity contribution in [3.05, 3.63) is 0 Å². The van der Waals surface area contributed by atoms with Gasteiger partial charge in [0.2, 0.25) is 6.29 Å². The van der Waals surface area contributed by atoms with Crippen LogP contribution < -0.4 is 0 Å². The Balaban J connectivity index is 1.48. The zero-order valence-electron chi connectivity index (χ0n) is 21.7. The van der Waals surface area contributed by atoms with Gasteiger partial charge in [0.1, 0.15) is 35.6 Å². The van der Waals surface area contributed by atoms with Gasteiger partial charge in [-0.15, -0.1) is 0 Å². The molecule has 8 N–H and O–H groups in total. The van der Waals surface area contributed by atoms with E-state index >= 15 is 0 Å². The highest BCUT2D eigenvalue weighted by atomic mass is 16.7. The van der Waals surface area contributed by atoms with Gasteiger partial charge in [-0.2, -0.15) is 0 Å². The molecule has 1 saturated heterocycles. The molecule has 0 aromatic rings. The number of rotatable bonds is 4. The number of carbonyl (C=O) groups is 2. The first-order chi connectivity index (χ1) is 17.7. The predicted octanol–water partition coefficient (Wildman–Crippen LogP) is -2.27. The van der Waals surface area contributed by atoms with Gasteiger partial charge in [0, 0.05) is 11.3 Å². The summed E-state index contributed by atoms with van der Waals surface area (Å²) in [5.41, 5.74) is -7.88. The minimum atomic E-state index is -2.05. The summed E-state index contributed by atoms with van der Waals surface area (Å²) in [5, 5.41) is 84.8. The molecule has 0 aromatic carbocycles. The van der Waals surface area contributed by atoms with Gasteiger partial charge >= 0.3 is 5.97 Å². The lowest BCUT2D eigenvalue weighted by Gasteiger charge is -2.67.